The summed E-state index contributed by atoms with van der Waals surface area (Å²) in [4.78, 5) is 25.1. The quantitative estimate of drug-likeness (QED) is 0.824. The number of fused-ring (bicyclic) bond motifs is 4. The molecule has 1 spiro atoms. The largest absolute Gasteiger partial charge is 0.379 e. The van der Waals surface area contributed by atoms with Gasteiger partial charge in [0.05, 0.1) is 18.8 Å². The number of ketones is 1. The third-order valence-corrected chi connectivity index (χ3v) is 6.39. The van der Waals surface area contributed by atoms with E-state index in [1.54, 1.807) is 0 Å². The predicted molar refractivity (Wildman–Crippen MR) is 97.3 cm³/mol. The summed E-state index contributed by atoms with van der Waals surface area (Å²) < 4.78 is 7.56. The van der Waals surface area contributed by atoms with Crippen LogP contribution >= 0.6 is 0 Å². The van der Waals surface area contributed by atoms with Gasteiger partial charge in [0, 0.05) is 41.4 Å². The zero-order valence-electron chi connectivity index (χ0n) is 14.7. The molecule has 1 amide bonds. The van der Waals surface area contributed by atoms with Gasteiger partial charge in [-0.25, -0.2) is 0 Å². The SMILES string of the molecule is NC1COCC1CC(=O)c1ccc2cc3n(c2c1)C1(CCC1)CNC3=O. The molecule has 1 saturated heterocycles. The van der Waals surface area contributed by atoms with Crippen molar-refractivity contribution < 1.29 is 14.3 Å². The molecular formula is C20H23N3O3. The van der Waals surface area contributed by atoms with Crippen molar-refractivity contribution in [1.29, 1.82) is 0 Å². The van der Waals surface area contributed by atoms with Gasteiger partial charge in [-0.05, 0) is 31.4 Å². The van der Waals surface area contributed by atoms with Crippen molar-refractivity contribution in [2.24, 2.45) is 11.7 Å². The number of aromatic nitrogens is 1. The van der Waals surface area contributed by atoms with Gasteiger partial charge in [0.15, 0.2) is 5.78 Å². The van der Waals surface area contributed by atoms with Gasteiger partial charge in [0.25, 0.3) is 5.91 Å². The molecule has 1 aromatic heterocycles. The Morgan fingerprint density at radius 3 is 2.85 bits per heavy atom. The van der Waals surface area contributed by atoms with Crippen LogP contribution in [-0.2, 0) is 10.3 Å². The van der Waals surface area contributed by atoms with Crippen LogP contribution in [0.15, 0.2) is 24.3 Å². The van der Waals surface area contributed by atoms with Crippen molar-refractivity contribution in [3.63, 3.8) is 0 Å². The Hall–Kier alpha value is -2.18. The van der Waals surface area contributed by atoms with Crippen molar-refractivity contribution in [1.82, 2.24) is 9.88 Å². The van der Waals surface area contributed by atoms with Crippen LogP contribution in [0.3, 0.4) is 0 Å². The Morgan fingerprint density at radius 2 is 2.15 bits per heavy atom. The van der Waals surface area contributed by atoms with Crippen molar-refractivity contribution >= 4 is 22.6 Å². The van der Waals surface area contributed by atoms with Gasteiger partial charge in [-0.1, -0.05) is 12.1 Å². The number of amides is 1. The van der Waals surface area contributed by atoms with Crippen molar-refractivity contribution in [3.05, 3.63) is 35.5 Å². The number of carbonyl (C=O) groups is 2. The van der Waals surface area contributed by atoms with Gasteiger partial charge in [0.1, 0.15) is 5.69 Å². The maximum absolute atomic E-state index is 12.8. The fraction of sp³-hybridized carbons (Fsp3) is 0.500. The Morgan fingerprint density at radius 1 is 1.31 bits per heavy atom. The Kier molecular flexibility index (Phi) is 3.49. The minimum Gasteiger partial charge on any atom is -0.379 e. The number of benzene rings is 1. The zero-order chi connectivity index (χ0) is 17.9. The van der Waals surface area contributed by atoms with E-state index < -0.39 is 0 Å². The second-order valence-corrected chi connectivity index (χ2v) is 7.99. The number of ether oxygens (including phenoxy) is 1. The average molecular weight is 353 g/mol. The normalized spacial score (nSPS) is 26.6. The first-order chi connectivity index (χ1) is 12.6. The number of nitrogens with two attached hydrogens (primary N) is 1. The first kappa shape index (κ1) is 16.0. The predicted octanol–water partition coefficient (Wildman–Crippen LogP) is 1.81. The van der Waals surface area contributed by atoms with Crippen LogP contribution < -0.4 is 11.1 Å². The van der Waals surface area contributed by atoms with Gasteiger partial charge in [-0.2, -0.15) is 0 Å². The minimum absolute atomic E-state index is 0.0195. The van der Waals surface area contributed by atoms with Crippen LogP contribution in [0.25, 0.3) is 10.9 Å². The Balaban J connectivity index is 1.54. The van der Waals surface area contributed by atoms with Gasteiger partial charge in [-0.3, -0.25) is 9.59 Å². The van der Waals surface area contributed by atoms with E-state index in [2.05, 4.69) is 9.88 Å². The lowest BCUT2D eigenvalue weighted by Gasteiger charge is -2.47. The lowest BCUT2D eigenvalue weighted by atomic mass is 9.75. The molecule has 3 heterocycles. The fourth-order valence-corrected chi connectivity index (χ4v) is 4.63. The molecule has 136 valence electrons. The molecule has 2 fully saturated rings. The molecule has 2 aromatic rings. The molecule has 26 heavy (non-hydrogen) atoms. The number of nitrogens with one attached hydrogen (secondary N) is 1. The second-order valence-electron chi connectivity index (χ2n) is 7.99. The van der Waals surface area contributed by atoms with E-state index in [1.165, 1.54) is 6.42 Å². The highest BCUT2D eigenvalue weighted by atomic mass is 16.5. The highest BCUT2D eigenvalue weighted by molar-refractivity contribution is 6.03. The molecule has 6 nitrogen and oxygen atoms in total. The summed E-state index contributed by atoms with van der Waals surface area (Å²) in [6, 6.07) is 7.66. The number of carbonyl (C=O) groups excluding carboxylic acids is 2. The van der Waals surface area contributed by atoms with E-state index in [9.17, 15) is 9.59 Å². The lowest BCUT2D eigenvalue weighted by molar-refractivity contribution is 0.0763. The van der Waals surface area contributed by atoms with Crippen LogP contribution in [-0.4, -0.2) is 42.1 Å². The van der Waals surface area contributed by atoms with E-state index in [0.717, 1.165) is 23.7 Å². The van der Waals surface area contributed by atoms with E-state index in [1.807, 2.05) is 24.3 Å². The fourth-order valence-electron chi connectivity index (χ4n) is 4.63. The maximum Gasteiger partial charge on any atom is 0.268 e. The molecule has 2 unspecified atom stereocenters. The summed E-state index contributed by atoms with van der Waals surface area (Å²) in [5, 5.41) is 4.04. The molecule has 3 aliphatic rings. The molecule has 6 heteroatoms. The standard InChI is InChI=1S/C20H23N3O3/c21-15-10-26-9-14(15)8-18(24)13-3-2-12-6-17-19(25)22-11-20(4-1-5-20)23(17)16(12)7-13/h2-3,6-7,14-15H,1,4-5,8-11,21H2,(H,22,25). The van der Waals surface area contributed by atoms with Crippen LogP contribution in [0.2, 0.25) is 0 Å². The molecule has 3 N–H and O–H groups in total. The topological polar surface area (TPSA) is 86.3 Å². The highest BCUT2D eigenvalue weighted by Crippen LogP contribution is 2.44. The van der Waals surface area contributed by atoms with Gasteiger partial charge in [-0.15, -0.1) is 0 Å². The summed E-state index contributed by atoms with van der Waals surface area (Å²) in [5.41, 5.74) is 8.40. The lowest BCUT2D eigenvalue weighted by Crippen LogP contribution is -2.55. The Bertz CT molecular complexity index is 912. The summed E-state index contributed by atoms with van der Waals surface area (Å²) >= 11 is 0. The van der Waals surface area contributed by atoms with Crippen LogP contribution in [0.5, 0.6) is 0 Å². The van der Waals surface area contributed by atoms with Crippen molar-refractivity contribution in [2.45, 2.75) is 37.3 Å². The van der Waals surface area contributed by atoms with E-state index in [-0.39, 0.29) is 29.2 Å². The van der Waals surface area contributed by atoms with Crippen molar-refractivity contribution in [2.75, 3.05) is 19.8 Å². The third kappa shape index (κ3) is 2.25. The summed E-state index contributed by atoms with van der Waals surface area (Å²) in [6.45, 7) is 1.76. The smallest absolute Gasteiger partial charge is 0.268 e. The van der Waals surface area contributed by atoms with Crippen LogP contribution in [0.1, 0.15) is 46.5 Å². The number of nitrogens with zero attached hydrogens (tertiary/aromatic N) is 1. The molecule has 1 aliphatic carbocycles. The molecule has 2 aliphatic heterocycles. The molecule has 0 radical (unpaired) electrons. The molecular weight excluding hydrogens is 330 g/mol. The number of hydrogen-bond donors (Lipinski definition) is 2. The van der Waals surface area contributed by atoms with Crippen LogP contribution in [0.4, 0.5) is 0 Å². The van der Waals surface area contributed by atoms with E-state index in [4.69, 9.17) is 10.5 Å². The number of rotatable bonds is 3. The van der Waals surface area contributed by atoms with Gasteiger partial charge >= 0.3 is 0 Å². The van der Waals surface area contributed by atoms with Gasteiger partial charge in [0.2, 0.25) is 0 Å². The third-order valence-electron chi connectivity index (χ3n) is 6.39. The van der Waals surface area contributed by atoms with Crippen LogP contribution in [0, 0.1) is 5.92 Å². The molecule has 1 saturated carbocycles. The van der Waals surface area contributed by atoms with E-state index in [0.29, 0.717) is 37.4 Å². The molecule has 2 atom stereocenters. The monoisotopic (exact) mass is 353 g/mol. The Labute approximate surface area is 151 Å². The first-order valence-corrected chi connectivity index (χ1v) is 9.38. The van der Waals surface area contributed by atoms with E-state index >= 15 is 0 Å². The molecule has 5 rings (SSSR count). The molecule has 1 aromatic carbocycles. The highest BCUT2D eigenvalue weighted by Gasteiger charge is 2.44. The number of Topliss-reactive ketones (excluding diaryl/α,β-unsaturated/α-hetero) is 1. The van der Waals surface area contributed by atoms with Gasteiger partial charge < -0.3 is 20.4 Å². The summed E-state index contributed by atoms with van der Waals surface area (Å²) in [5.74, 6) is 0.153. The average Bonchev–Trinajstić information content (AvgIpc) is 3.18. The summed E-state index contributed by atoms with van der Waals surface area (Å²) in [7, 11) is 0. The number of hydrogen-bond acceptors (Lipinski definition) is 4. The maximum atomic E-state index is 12.8. The minimum atomic E-state index is -0.0642. The van der Waals surface area contributed by atoms with Crippen molar-refractivity contribution in [3.8, 4) is 0 Å². The summed E-state index contributed by atoms with van der Waals surface area (Å²) in [6.07, 6.45) is 3.71. The first-order valence-electron chi connectivity index (χ1n) is 9.38. The molecule has 0 bridgehead atoms. The second kappa shape index (κ2) is 5.66. The zero-order valence-corrected chi connectivity index (χ0v) is 14.7.